The zero-order valence-corrected chi connectivity index (χ0v) is 18.0. The summed E-state index contributed by atoms with van der Waals surface area (Å²) in [5.74, 6) is 0. The zero-order valence-electron chi connectivity index (χ0n) is 17.2. The van der Waals surface area contributed by atoms with Crippen LogP contribution in [0.4, 0.5) is 0 Å². The number of aliphatic hydroxyl groups is 1. The van der Waals surface area contributed by atoms with Gasteiger partial charge < -0.3 is 5.11 Å². The lowest BCUT2D eigenvalue weighted by Crippen LogP contribution is -2.52. The van der Waals surface area contributed by atoms with E-state index in [-0.39, 0.29) is 6.61 Å². The van der Waals surface area contributed by atoms with Crippen LogP contribution in [0, 0.1) is 0 Å². The molecule has 0 unspecified atom stereocenters. The molecule has 0 radical (unpaired) electrons. The van der Waals surface area contributed by atoms with Gasteiger partial charge in [-0.2, -0.15) is 0 Å². The molecule has 0 aromatic carbocycles. The fourth-order valence-electron chi connectivity index (χ4n) is 4.21. The molecule has 0 saturated carbocycles. The molecule has 2 fully saturated rings. The van der Waals surface area contributed by atoms with Crippen LogP contribution in [0.1, 0.15) is 49.3 Å². The molecule has 3 heterocycles. The molecule has 0 spiro atoms. The van der Waals surface area contributed by atoms with E-state index in [0.717, 1.165) is 45.7 Å². The number of hydrogen-bond donors (Lipinski definition) is 1. The first kappa shape index (κ1) is 21.0. The van der Waals surface area contributed by atoms with Crippen LogP contribution in [-0.4, -0.2) is 71.7 Å². The maximum absolute atomic E-state index is 9.49. The SMILES string of the molecule is CC(C)=CCN1CCN(Cc2ccc(CN3CCCCC3)s2)C[C@@H]1CCO. The molecule has 2 saturated heterocycles. The van der Waals surface area contributed by atoms with Crippen LogP contribution < -0.4 is 0 Å². The Labute approximate surface area is 169 Å². The van der Waals surface area contributed by atoms with E-state index in [0.29, 0.717) is 6.04 Å². The highest BCUT2D eigenvalue weighted by Gasteiger charge is 2.26. The molecule has 3 rings (SSSR count). The zero-order chi connectivity index (χ0) is 19.1. The summed E-state index contributed by atoms with van der Waals surface area (Å²) in [5, 5.41) is 9.49. The van der Waals surface area contributed by atoms with E-state index in [1.165, 1.54) is 47.7 Å². The van der Waals surface area contributed by atoms with E-state index >= 15 is 0 Å². The van der Waals surface area contributed by atoms with Gasteiger partial charge in [0.05, 0.1) is 0 Å². The van der Waals surface area contributed by atoms with Crippen molar-refractivity contribution >= 4 is 11.3 Å². The average Bonchev–Trinajstić information content (AvgIpc) is 3.09. The second-order valence-corrected chi connectivity index (χ2v) is 9.64. The quantitative estimate of drug-likeness (QED) is 0.686. The first-order chi connectivity index (χ1) is 13.1. The van der Waals surface area contributed by atoms with Gasteiger partial charge >= 0.3 is 0 Å². The number of likely N-dealkylation sites (tertiary alicyclic amines) is 1. The second-order valence-electron chi connectivity index (χ2n) is 8.38. The Kier molecular flexibility index (Phi) is 8.34. The lowest BCUT2D eigenvalue weighted by atomic mass is 10.1. The molecule has 4 nitrogen and oxygen atoms in total. The highest BCUT2D eigenvalue weighted by Crippen LogP contribution is 2.23. The van der Waals surface area contributed by atoms with Crippen molar-refractivity contribution in [2.45, 2.75) is 58.7 Å². The third-order valence-electron chi connectivity index (χ3n) is 5.81. The monoisotopic (exact) mass is 391 g/mol. The van der Waals surface area contributed by atoms with Crippen molar-refractivity contribution in [3.63, 3.8) is 0 Å². The Morgan fingerprint density at radius 2 is 1.74 bits per heavy atom. The standard InChI is InChI=1S/C22H37N3OS/c1-19(2)8-12-25-14-13-24(16-20(25)9-15-26)18-22-7-6-21(27-22)17-23-10-4-3-5-11-23/h6-8,20,26H,3-5,9-18H2,1-2H3/t20-/m0/s1. The van der Waals surface area contributed by atoms with Crippen LogP contribution in [0.5, 0.6) is 0 Å². The summed E-state index contributed by atoms with van der Waals surface area (Å²) < 4.78 is 0. The van der Waals surface area contributed by atoms with Gasteiger partial charge in [-0.3, -0.25) is 14.7 Å². The van der Waals surface area contributed by atoms with E-state index in [1.54, 1.807) is 0 Å². The van der Waals surface area contributed by atoms with Crippen molar-refractivity contribution < 1.29 is 5.11 Å². The molecular weight excluding hydrogens is 354 g/mol. The number of piperidine rings is 1. The fourth-order valence-corrected chi connectivity index (χ4v) is 5.32. The maximum Gasteiger partial charge on any atom is 0.0446 e. The maximum atomic E-state index is 9.49. The van der Waals surface area contributed by atoms with E-state index in [2.05, 4.69) is 46.8 Å². The number of aliphatic hydroxyl groups excluding tert-OH is 1. The van der Waals surface area contributed by atoms with Gasteiger partial charge in [0.15, 0.2) is 0 Å². The molecule has 5 heteroatoms. The minimum absolute atomic E-state index is 0.281. The molecular formula is C22H37N3OS. The Morgan fingerprint density at radius 3 is 2.41 bits per heavy atom. The Morgan fingerprint density at radius 1 is 1.04 bits per heavy atom. The van der Waals surface area contributed by atoms with Crippen LogP contribution in [0.3, 0.4) is 0 Å². The second kappa shape index (κ2) is 10.7. The van der Waals surface area contributed by atoms with Gasteiger partial charge in [0.1, 0.15) is 0 Å². The summed E-state index contributed by atoms with van der Waals surface area (Å²) in [6.07, 6.45) is 7.31. The Balaban J connectivity index is 1.51. The summed E-state index contributed by atoms with van der Waals surface area (Å²) in [6, 6.07) is 5.14. The third kappa shape index (κ3) is 6.68. The number of nitrogens with zero attached hydrogens (tertiary/aromatic N) is 3. The Hall–Kier alpha value is -0.720. The molecule has 1 aromatic heterocycles. The Bertz CT molecular complexity index is 590. The molecule has 0 bridgehead atoms. The molecule has 2 aliphatic heterocycles. The van der Waals surface area contributed by atoms with Crippen molar-refractivity contribution in [1.29, 1.82) is 0 Å². The summed E-state index contributed by atoms with van der Waals surface area (Å²) in [5.41, 5.74) is 1.37. The lowest BCUT2D eigenvalue weighted by Gasteiger charge is -2.41. The van der Waals surface area contributed by atoms with Gasteiger partial charge in [0, 0.05) is 61.7 Å². The topological polar surface area (TPSA) is 30.0 Å². The van der Waals surface area contributed by atoms with Crippen LogP contribution in [0.15, 0.2) is 23.8 Å². The normalized spacial score (nSPS) is 22.9. The molecule has 152 valence electrons. The van der Waals surface area contributed by atoms with Gasteiger partial charge in [-0.15, -0.1) is 11.3 Å². The van der Waals surface area contributed by atoms with Crippen molar-refractivity contribution in [3.8, 4) is 0 Å². The van der Waals surface area contributed by atoms with Crippen LogP contribution >= 0.6 is 11.3 Å². The molecule has 0 amide bonds. The molecule has 0 aliphatic carbocycles. The smallest absolute Gasteiger partial charge is 0.0446 e. The molecule has 1 aromatic rings. The number of thiophene rings is 1. The van der Waals surface area contributed by atoms with Crippen molar-refractivity contribution in [3.05, 3.63) is 33.5 Å². The van der Waals surface area contributed by atoms with Crippen LogP contribution in [-0.2, 0) is 13.1 Å². The van der Waals surface area contributed by atoms with Crippen molar-refractivity contribution in [1.82, 2.24) is 14.7 Å². The highest BCUT2D eigenvalue weighted by molar-refractivity contribution is 7.11. The first-order valence-electron chi connectivity index (χ1n) is 10.6. The van der Waals surface area contributed by atoms with Crippen molar-refractivity contribution in [2.24, 2.45) is 0 Å². The van der Waals surface area contributed by atoms with E-state index < -0.39 is 0 Å². The van der Waals surface area contributed by atoms with Gasteiger partial charge in [0.2, 0.25) is 0 Å². The largest absolute Gasteiger partial charge is 0.396 e. The van der Waals surface area contributed by atoms with Crippen molar-refractivity contribution in [2.75, 3.05) is 45.9 Å². The minimum atomic E-state index is 0.281. The highest BCUT2D eigenvalue weighted by atomic mass is 32.1. The third-order valence-corrected chi connectivity index (χ3v) is 6.86. The predicted octanol–water partition coefficient (Wildman–Crippen LogP) is 3.57. The van der Waals surface area contributed by atoms with Gasteiger partial charge in [-0.1, -0.05) is 18.1 Å². The number of piperazine rings is 1. The van der Waals surface area contributed by atoms with Crippen LogP contribution in [0.2, 0.25) is 0 Å². The van der Waals surface area contributed by atoms with Crippen LogP contribution in [0.25, 0.3) is 0 Å². The number of allylic oxidation sites excluding steroid dienone is 1. The van der Waals surface area contributed by atoms with E-state index in [4.69, 9.17) is 0 Å². The lowest BCUT2D eigenvalue weighted by molar-refractivity contribution is 0.0642. The van der Waals surface area contributed by atoms with Gasteiger partial charge in [-0.25, -0.2) is 0 Å². The fraction of sp³-hybridized carbons (Fsp3) is 0.727. The van der Waals surface area contributed by atoms with E-state index in [9.17, 15) is 5.11 Å². The molecule has 1 N–H and O–H groups in total. The average molecular weight is 392 g/mol. The summed E-state index contributed by atoms with van der Waals surface area (Å²) in [4.78, 5) is 10.7. The molecule has 2 aliphatic rings. The van der Waals surface area contributed by atoms with Gasteiger partial charge in [-0.05, 0) is 58.3 Å². The summed E-state index contributed by atoms with van der Waals surface area (Å²) >= 11 is 1.99. The predicted molar refractivity (Wildman–Crippen MR) is 115 cm³/mol. The summed E-state index contributed by atoms with van der Waals surface area (Å²) in [7, 11) is 0. The summed E-state index contributed by atoms with van der Waals surface area (Å²) in [6.45, 7) is 13.6. The minimum Gasteiger partial charge on any atom is -0.396 e. The molecule has 27 heavy (non-hydrogen) atoms. The number of rotatable bonds is 8. The number of hydrogen-bond acceptors (Lipinski definition) is 5. The first-order valence-corrected chi connectivity index (χ1v) is 11.5. The van der Waals surface area contributed by atoms with E-state index in [1.807, 2.05) is 11.3 Å². The molecule has 1 atom stereocenters. The van der Waals surface area contributed by atoms with Gasteiger partial charge in [0.25, 0.3) is 0 Å².